The maximum absolute atomic E-state index is 12.0. The van der Waals surface area contributed by atoms with Crippen molar-refractivity contribution in [2.24, 2.45) is 11.0 Å². The van der Waals surface area contributed by atoms with Gasteiger partial charge in [-0.1, -0.05) is 19.1 Å². The number of benzene rings is 1. The second-order valence-corrected chi connectivity index (χ2v) is 5.42. The third kappa shape index (κ3) is 4.07. The van der Waals surface area contributed by atoms with Gasteiger partial charge < -0.3 is 9.64 Å². The molecule has 0 aliphatic carbocycles. The monoisotopic (exact) mass is 303 g/mol. The lowest BCUT2D eigenvalue weighted by Crippen LogP contribution is -2.45. The van der Waals surface area contributed by atoms with Crippen molar-refractivity contribution in [2.75, 3.05) is 20.2 Å². The van der Waals surface area contributed by atoms with Crippen molar-refractivity contribution in [2.45, 2.75) is 19.8 Å². The standard InChI is InChI=1S/C16H21N3O3/c1-12-7-9-19(10-8-12)16(21)15(20)18-17-11-13-5-3-4-6-14(13)22-2/h3-6,11-12H,7-10H2,1-2H3,(H,18,20). The van der Waals surface area contributed by atoms with Crippen LogP contribution in [0.15, 0.2) is 29.4 Å². The number of nitrogens with zero attached hydrogens (tertiary/aromatic N) is 2. The molecule has 0 bridgehead atoms. The molecule has 1 heterocycles. The van der Waals surface area contributed by atoms with Gasteiger partial charge in [0.25, 0.3) is 0 Å². The van der Waals surface area contributed by atoms with E-state index < -0.39 is 11.8 Å². The van der Waals surface area contributed by atoms with Crippen LogP contribution in [0.3, 0.4) is 0 Å². The lowest BCUT2D eigenvalue weighted by Gasteiger charge is -2.29. The Bertz CT molecular complexity index is 564. The summed E-state index contributed by atoms with van der Waals surface area (Å²) in [6.45, 7) is 3.41. The minimum absolute atomic E-state index is 0.524. The number of piperidine rings is 1. The van der Waals surface area contributed by atoms with E-state index in [-0.39, 0.29) is 0 Å². The topological polar surface area (TPSA) is 71.0 Å². The Labute approximate surface area is 130 Å². The van der Waals surface area contributed by atoms with Gasteiger partial charge in [0.15, 0.2) is 0 Å². The molecule has 6 nitrogen and oxygen atoms in total. The summed E-state index contributed by atoms with van der Waals surface area (Å²) in [5.74, 6) is 0.0253. The quantitative estimate of drug-likeness (QED) is 0.521. The van der Waals surface area contributed by atoms with Crippen LogP contribution in [-0.2, 0) is 9.59 Å². The summed E-state index contributed by atoms with van der Waals surface area (Å²) < 4.78 is 5.18. The average Bonchev–Trinajstić information content (AvgIpc) is 2.55. The molecule has 22 heavy (non-hydrogen) atoms. The predicted molar refractivity (Wildman–Crippen MR) is 83.7 cm³/mol. The minimum atomic E-state index is -0.708. The molecule has 1 saturated heterocycles. The van der Waals surface area contributed by atoms with E-state index >= 15 is 0 Å². The van der Waals surface area contributed by atoms with Crippen molar-refractivity contribution in [3.63, 3.8) is 0 Å². The number of para-hydroxylation sites is 1. The first kappa shape index (κ1) is 16.0. The molecule has 0 atom stereocenters. The van der Waals surface area contributed by atoms with Crippen LogP contribution in [0.25, 0.3) is 0 Å². The molecular weight excluding hydrogens is 282 g/mol. The Hall–Kier alpha value is -2.37. The fourth-order valence-corrected chi connectivity index (χ4v) is 2.34. The number of likely N-dealkylation sites (tertiary alicyclic amines) is 1. The number of rotatable bonds is 3. The van der Waals surface area contributed by atoms with Gasteiger partial charge in [0.05, 0.1) is 13.3 Å². The lowest BCUT2D eigenvalue weighted by atomic mass is 9.99. The molecule has 118 valence electrons. The molecule has 0 radical (unpaired) electrons. The Balaban J connectivity index is 1.89. The number of methoxy groups -OCH3 is 1. The molecule has 1 aliphatic rings. The first-order chi connectivity index (χ1) is 10.6. The Morgan fingerprint density at radius 2 is 2.00 bits per heavy atom. The van der Waals surface area contributed by atoms with E-state index in [0.717, 1.165) is 18.4 Å². The van der Waals surface area contributed by atoms with Gasteiger partial charge >= 0.3 is 11.8 Å². The molecule has 1 N–H and O–H groups in total. The van der Waals surface area contributed by atoms with E-state index in [4.69, 9.17) is 4.74 Å². The molecule has 1 fully saturated rings. The summed E-state index contributed by atoms with van der Waals surface area (Å²) >= 11 is 0. The number of amides is 2. The number of carbonyl (C=O) groups excluding carboxylic acids is 2. The average molecular weight is 303 g/mol. The zero-order valence-corrected chi connectivity index (χ0v) is 12.9. The molecule has 1 aromatic rings. The van der Waals surface area contributed by atoms with Crippen LogP contribution in [0, 0.1) is 5.92 Å². The molecule has 6 heteroatoms. The summed E-state index contributed by atoms with van der Waals surface area (Å²) in [6, 6.07) is 7.28. The van der Waals surface area contributed by atoms with E-state index in [0.29, 0.717) is 24.8 Å². The second-order valence-electron chi connectivity index (χ2n) is 5.42. The Kier molecular flexibility index (Phi) is 5.52. The van der Waals surface area contributed by atoms with Crippen LogP contribution in [0.5, 0.6) is 5.75 Å². The zero-order chi connectivity index (χ0) is 15.9. The largest absolute Gasteiger partial charge is 0.496 e. The van der Waals surface area contributed by atoms with E-state index in [2.05, 4.69) is 17.5 Å². The van der Waals surface area contributed by atoms with E-state index in [1.165, 1.54) is 6.21 Å². The number of hydrogen-bond donors (Lipinski definition) is 1. The third-order valence-electron chi connectivity index (χ3n) is 3.77. The molecule has 1 aliphatic heterocycles. The lowest BCUT2D eigenvalue weighted by molar-refractivity contribution is -0.146. The van der Waals surface area contributed by atoms with Gasteiger partial charge in [-0.05, 0) is 30.9 Å². The van der Waals surface area contributed by atoms with Crippen molar-refractivity contribution in [3.05, 3.63) is 29.8 Å². The molecule has 1 aromatic carbocycles. The van der Waals surface area contributed by atoms with Crippen molar-refractivity contribution < 1.29 is 14.3 Å². The molecule has 0 aromatic heterocycles. The summed E-state index contributed by atoms with van der Waals surface area (Å²) in [6.07, 6.45) is 3.33. The van der Waals surface area contributed by atoms with E-state index in [1.807, 2.05) is 18.2 Å². The van der Waals surface area contributed by atoms with Crippen LogP contribution in [0.2, 0.25) is 0 Å². The van der Waals surface area contributed by atoms with Gasteiger partial charge in [-0.25, -0.2) is 5.43 Å². The highest BCUT2D eigenvalue weighted by molar-refractivity contribution is 6.35. The summed E-state index contributed by atoms with van der Waals surface area (Å²) in [5, 5.41) is 3.83. The van der Waals surface area contributed by atoms with Gasteiger partial charge in [0, 0.05) is 18.7 Å². The van der Waals surface area contributed by atoms with Crippen molar-refractivity contribution >= 4 is 18.0 Å². The molecule has 0 unspecified atom stereocenters. The molecule has 2 amide bonds. The number of hydrazone groups is 1. The van der Waals surface area contributed by atoms with Crippen LogP contribution in [-0.4, -0.2) is 43.1 Å². The van der Waals surface area contributed by atoms with Crippen LogP contribution in [0.1, 0.15) is 25.3 Å². The second kappa shape index (κ2) is 7.59. The molecule has 0 spiro atoms. The van der Waals surface area contributed by atoms with E-state index in [1.54, 1.807) is 18.1 Å². The van der Waals surface area contributed by atoms with Gasteiger partial charge in [-0.15, -0.1) is 0 Å². The van der Waals surface area contributed by atoms with Crippen LogP contribution < -0.4 is 10.2 Å². The Morgan fingerprint density at radius 1 is 1.32 bits per heavy atom. The molecular formula is C16H21N3O3. The number of nitrogens with one attached hydrogen (secondary N) is 1. The van der Waals surface area contributed by atoms with Gasteiger partial charge in [0.1, 0.15) is 5.75 Å². The van der Waals surface area contributed by atoms with Crippen LogP contribution in [0.4, 0.5) is 0 Å². The third-order valence-corrected chi connectivity index (χ3v) is 3.77. The maximum atomic E-state index is 12.0. The number of carbonyl (C=O) groups is 2. The fraction of sp³-hybridized carbons (Fsp3) is 0.438. The zero-order valence-electron chi connectivity index (χ0n) is 12.9. The Morgan fingerprint density at radius 3 is 2.68 bits per heavy atom. The number of ether oxygens (including phenoxy) is 1. The van der Waals surface area contributed by atoms with Crippen molar-refractivity contribution in [1.82, 2.24) is 10.3 Å². The van der Waals surface area contributed by atoms with E-state index in [9.17, 15) is 9.59 Å². The minimum Gasteiger partial charge on any atom is -0.496 e. The first-order valence-electron chi connectivity index (χ1n) is 7.37. The highest BCUT2D eigenvalue weighted by Gasteiger charge is 2.25. The number of hydrogen-bond acceptors (Lipinski definition) is 4. The highest BCUT2D eigenvalue weighted by Crippen LogP contribution is 2.16. The van der Waals surface area contributed by atoms with Crippen molar-refractivity contribution in [1.29, 1.82) is 0 Å². The van der Waals surface area contributed by atoms with Gasteiger partial charge in [-0.2, -0.15) is 5.10 Å². The summed E-state index contributed by atoms with van der Waals surface area (Å²) in [5.41, 5.74) is 3.00. The summed E-state index contributed by atoms with van der Waals surface area (Å²) in [7, 11) is 1.56. The van der Waals surface area contributed by atoms with Crippen molar-refractivity contribution in [3.8, 4) is 5.75 Å². The normalized spacial score (nSPS) is 15.8. The van der Waals surface area contributed by atoms with Crippen LogP contribution >= 0.6 is 0 Å². The SMILES string of the molecule is COc1ccccc1C=NNC(=O)C(=O)N1CCC(C)CC1. The first-order valence-corrected chi connectivity index (χ1v) is 7.37. The fourth-order valence-electron chi connectivity index (χ4n) is 2.34. The molecule has 2 rings (SSSR count). The molecule has 0 saturated carbocycles. The predicted octanol–water partition coefficient (Wildman–Crippen LogP) is 1.40. The summed E-state index contributed by atoms with van der Waals surface area (Å²) in [4.78, 5) is 25.4. The highest BCUT2D eigenvalue weighted by atomic mass is 16.5. The van der Waals surface area contributed by atoms with Gasteiger partial charge in [-0.3, -0.25) is 9.59 Å². The van der Waals surface area contributed by atoms with Gasteiger partial charge in [0.2, 0.25) is 0 Å². The smallest absolute Gasteiger partial charge is 0.329 e. The maximum Gasteiger partial charge on any atom is 0.329 e.